The van der Waals surface area contributed by atoms with Crippen molar-refractivity contribution in [1.82, 2.24) is 24.1 Å². The molecular weight excluding hydrogens is 627 g/mol. The Balaban J connectivity index is 1.33. The van der Waals surface area contributed by atoms with Crippen molar-refractivity contribution >= 4 is 65.6 Å². The van der Waals surface area contributed by atoms with Gasteiger partial charge in [0.05, 0.1) is 28.9 Å². The SMILES string of the molecule is [2H]c1c([2H])c([2H])c(-n2c3ccccc3c3ccc4c5ccccc5n(-c5nc(-c6ccccc6)nc(-c6cccc7oc8ccccc8c67)n5)c4c32)c([2H])c1[2H]. The molecule has 11 rings (SSSR count). The van der Waals surface area contributed by atoms with Gasteiger partial charge in [0.1, 0.15) is 11.2 Å². The fourth-order valence-electron chi connectivity index (χ4n) is 7.56. The van der Waals surface area contributed by atoms with Crippen LogP contribution in [0.5, 0.6) is 0 Å². The number of hydrogen-bond acceptors (Lipinski definition) is 4. The van der Waals surface area contributed by atoms with Crippen molar-refractivity contribution in [1.29, 1.82) is 0 Å². The normalized spacial score (nSPS) is 13.3. The van der Waals surface area contributed by atoms with Crippen LogP contribution in [-0.2, 0) is 0 Å². The summed E-state index contributed by atoms with van der Waals surface area (Å²) in [6.45, 7) is 0. The highest BCUT2D eigenvalue weighted by Crippen LogP contribution is 2.42. The number of para-hydroxylation sites is 4. The minimum atomic E-state index is -0.449. The summed E-state index contributed by atoms with van der Waals surface area (Å²) in [5.74, 6) is 1.28. The van der Waals surface area contributed by atoms with Crippen molar-refractivity contribution in [2.45, 2.75) is 0 Å². The van der Waals surface area contributed by atoms with Gasteiger partial charge in [-0.3, -0.25) is 4.57 Å². The van der Waals surface area contributed by atoms with Crippen LogP contribution in [0.2, 0.25) is 0 Å². The first kappa shape index (κ1) is 23.3. The van der Waals surface area contributed by atoms with Gasteiger partial charge in [-0.1, -0.05) is 127 Å². The van der Waals surface area contributed by atoms with Crippen molar-refractivity contribution in [2.75, 3.05) is 0 Å². The Labute approximate surface area is 298 Å². The van der Waals surface area contributed by atoms with Gasteiger partial charge in [-0.15, -0.1) is 0 Å². The average Bonchev–Trinajstić information content (AvgIpc) is 3.90. The van der Waals surface area contributed by atoms with Gasteiger partial charge in [0.25, 0.3) is 0 Å². The molecule has 0 N–H and O–H groups in total. The topological polar surface area (TPSA) is 61.7 Å². The third-order valence-corrected chi connectivity index (χ3v) is 9.68. The van der Waals surface area contributed by atoms with Crippen LogP contribution >= 0.6 is 0 Å². The molecule has 6 heteroatoms. The molecule has 0 bridgehead atoms. The first-order chi connectivity index (χ1) is 27.4. The van der Waals surface area contributed by atoms with Crippen molar-refractivity contribution in [2.24, 2.45) is 0 Å². The van der Waals surface area contributed by atoms with Crippen molar-refractivity contribution in [3.05, 3.63) is 164 Å². The Bertz CT molecular complexity index is 3410. The predicted molar refractivity (Wildman–Crippen MR) is 207 cm³/mol. The molecule has 0 aliphatic rings. The quantitative estimate of drug-likeness (QED) is 0.189. The molecule has 0 saturated carbocycles. The Morgan fingerprint density at radius 2 is 1.08 bits per heavy atom. The summed E-state index contributed by atoms with van der Waals surface area (Å²) in [7, 11) is 0. The number of benzene rings is 7. The average molecular weight is 659 g/mol. The van der Waals surface area contributed by atoms with Gasteiger partial charge >= 0.3 is 0 Å². The van der Waals surface area contributed by atoms with E-state index in [1.807, 2.05) is 126 Å². The van der Waals surface area contributed by atoms with Crippen LogP contribution in [0, 0.1) is 0 Å². The highest BCUT2D eigenvalue weighted by Gasteiger charge is 2.24. The van der Waals surface area contributed by atoms with E-state index in [9.17, 15) is 0 Å². The Morgan fingerprint density at radius 3 is 1.84 bits per heavy atom. The Kier molecular flexibility index (Phi) is 4.91. The van der Waals surface area contributed by atoms with E-state index in [1.54, 1.807) is 4.57 Å². The summed E-state index contributed by atoms with van der Waals surface area (Å²) < 4.78 is 53.9. The summed E-state index contributed by atoms with van der Waals surface area (Å²) in [5, 5.41) is 5.38. The third-order valence-electron chi connectivity index (χ3n) is 9.68. The lowest BCUT2D eigenvalue weighted by Gasteiger charge is -2.13. The molecule has 4 heterocycles. The lowest BCUT2D eigenvalue weighted by molar-refractivity contribution is 0.669. The maximum absolute atomic E-state index is 9.11. The molecule has 0 spiro atoms. The zero-order chi connectivity index (χ0) is 37.8. The molecule has 0 amide bonds. The highest BCUT2D eigenvalue weighted by molar-refractivity contribution is 6.23. The Hall–Kier alpha value is -7.05. The van der Waals surface area contributed by atoms with Crippen LogP contribution in [0.4, 0.5) is 0 Å². The lowest BCUT2D eigenvalue weighted by Crippen LogP contribution is -2.07. The molecule has 6 nitrogen and oxygen atoms in total. The van der Waals surface area contributed by atoms with Gasteiger partial charge in [-0.2, -0.15) is 9.97 Å². The van der Waals surface area contributed by atoms with Crippen LogP contribution in [0.3, 0.4) is 0 Å². The number of rotatable bonds is 4. The molecule has 0 atom stereocenters. The van der Waals surface area contributed by atoms with E-state index in [4.69, 9.17) is 26.2 Å². The van der Waals surface area contributed by atoms with Crippen LogP contribution < -0.4 is 0 Å². The fourth-order valence-corrected chi connectivity index (χ4v) is 7.56. The molecule has 51 heavy (non-hydrogen) atoms. The first-order valence-electron chi connectivity index (χ1n) is 19.1. The van der Waals surface area contributed by atoms with Crippen molar-refractivity contribution < 1.29 is 11.3 Å². The fraction of sp³-hybridized carbons (Fsp3) is 0. The van der Waals surface area contributed by atoms with E-state index in [-0.39, 0.29) is 17.8 Å². The number of hydrogen-bond donors (Lipinski definition) is 0. The van der Waals surface area contributed by atoms with Gasteiger partial charge in [0.15, 0.2) is 11.6 Å². The van der Waals surface area contributed by atoms with E-state index in [2.05, 4.69) is 12.1 Å². The zero-order valence-corrected chi connectivity index (χ0v) is 26.8. The third kappa shape index (κ3) is 4.07. The standard InChI is InChI=1S/C45H27N5O/c1-3-14-28(15-4-1)43-46-44(35-21-13-25-39-40(35)34-20-9-12-24-38(34)51-39)48-45(47-43)50-37-23-11-8-19-31(37)33-27-26-32-30-18-7-10-22-36(30)49(41(32)42(33)50)29-16-5-2-6-17-29/h1-27H/i2D,5D,6D,16D,17D. The van der Waals surface area contributed by atoms with Crippen molar-refractivity contribution in [3.8, 4) is 34.4 Å². The van der Waals surface area contributed by atoms with Gasteiger partial charge in [-0.05, 0) is 36.4 Å². The maximum Gasteiger partial charge on any atom is 0.238 e. The number of nitrogens with zero attached hydrogens (tertiary/aromatic N) is 5. The van der Waals surface area contributed by atoms with Gasteiger partial charge in [0.2, 0.25) is 5.95 Å². The molecule has 0 saturated heterocycles. The smallest absolute Gasteiger partial charge is 0.238 e. The summed E-state index contributed by atoms with van der Waals surface area (Å²) >= 11 is 0. The molecular formula is C45H27N5O. The molecule has 7 aromatic carbocycles. The first-order valence-corrected chi connectivity index (χ1v) is 16.6. The van der Waals surface area contributed by atoms with Crippen LogP contribution in [0.15, 0.2) is 168 Å². The second kappa shape index (κ2) is 10.7. The number of aromatic nitrogens is 5. The summed E-state index contributed by atoms with van der Waals surface area (Å²) in [4.78, 5) is 15.6. The van der Waals surface area contributed by atoms with Crippen LogP contribution in [-0.4, -0.2) is 24.1 Å². The molecule has 4 aromatic heterocycles. The summed E-state index contributed by atoms with van der Waals surface area (Å²) in [6.07, 6.45) is 0. The molecule has 238 valence electrons. The van der Waals surface area contributed by atoms with E-state index in [0.29, 0.717) is 34.2 Å². The Morgan fingerprint density at radius 1 is 0.471 bits per heavy atom. The lowest BCUT2D eigenvalue weighted by atomic mass is 10.1. The van der Waals surface area contributed by atoms with E-state index in [1.165, 1.54) is 0 Å². The minimum Gasteiger partial charge on any atom is -0.456 e. The minimum absolute atomic E-state index is 0.0614. The molecule has 0 fully saturated rings. The van der Waals surface area contributed by atoms with Gasteiger partial charge < -0.3 is 8.98 Å². The van der Waals surface area contributed by atoms with E-state index < -0.39 is 18.1 Å². The summed E-state index contributed by atoms with van der Waals surface area (Å²) in [6, 6.07) is 41.6. The second-order valence-electron chi connectivity index (χ2n) is 12.5. The van der Waals surface area contributed by atoms with Crippen molar-refractivity contribution in [3.63, 3.8) is 0 Å². The second-order valence-corrected chi connectivity index (χ2v) is 12.5. The predicted octanol–water partition coefficient (Wildman–Crippen LogP) is 11.3. The zero-order valence-electron chi connectivity index (χ0n) is 31.8. The maximum atomic E-state index is 9.11. The monoisotopic (exact) mass is 658 g/mol. The largest absolute Gasteiger partial charge is 0.456 e. The van der Waals surface area contributed by atoms with Gasteiger partial charge in [-0.25, -0.2) is 4.98 Å². The molecule has 0 aliphatic heterocycles. The number of fused-ring (bicyclic) bond motifs is 10. The molecule has 0 radical (unpaired) electrons. The number of furan rings is 1. The molecule has 11 aromatic rings. The highest BCUT2D eigenvalue weighted by atomic mass is 16.3. The summed E-state index contributed by atoms with van der Waals surface area (Å²) in [5.41, 5.74) is 6.03. The van der Waals surface area contributed by atoms with E-state index >= 15 is 0 Å². The van der Waals surface area contributed by atoms with Crippen LogP contribution in [0.25, 0.3) is 100.0 Å². The van der Waals surface area contributed by atoms with Crippen LogP contribution in [0.1, 0.15) is 6.85 Å². The van der Waals surface area contributed by atoms with E-state index in [0.717, 1.165) is 60.1 Å². The molecule has 0 aliphatic carbocycles. The van der Waals surface area contributed by atoms with Gasteiger partial charge in [0, 0.05) is 49.1 Å². The molecule has 0 unspecified atom stereocenters.